The lowest BCUT2D eigenvalue weighted by atomic mass is 10.0. The van der Waals surface area contributed by atoms with E-state index in [9.17, 15) is 9.59 Å². The minimum Gasteiger partial charge on any atom is -0.338 e. The number of carbonyl (C=O) groups excluding carboxylic acids is 1. The van der Waals surface area contributed by atoms with Gasteiger partial charge in [0.05, 0.1) is 6.04 Å². The Bertz CT molecular complexity index is 1020. The third-order valence-electron chi connectivity index (χ3n) is 4.51. The Morgan fingerprint density at radius 3 is 2.58 bits per heavy atom. The monoisotopic (exact) mass is 392 g/mol. The van der Waals surface area contributed by atoms with Gasteiger partial charge in [0.25, 0.3) is 11.5 Å². The number of likely N-dealkylation sites (tertiary alicyclic amines) is 1. The molecule has 8 nitrogen and oxygen atoms in total. The van der Waals surface area contributed by atoms with Gasteiger partial charge in [-0.2, -0.15) is 5.10 Å². The van der Waals surface area contributed by atoms with Gasteiger partial charge in [-0.3, -0.25) is 24.2 Å². The molecule has 1 aliphatic heterocycles. The minimum absolute atomic E-state index is 0.0262. The Labute approximate surface area is 157 Å². The summed E-state index contributed by atoms with van der Waals surface area (Å²) >= 11 is 11.9. The molecule has 1 aliphatic rings. The molecule has 1 amide bonds. The van der Waals surface area contributed by atoms with E-state index in [1.807, 2.05) is 0 Å². The molecule has 3 aromatic rings. The third kappa shape index (κ3) is 2.95. The standard InChI is InChI=1S/C16H14Cl2N6O2/c17-13-11-12(14(25)21-16(18)20-11)24(22-13)10-3-7-23(8-4-10)15(26)9-1-5-19-6-2-9/h1-2,5-6,10H,3-4,7-8H2,(H,20,21,25). The maximum absolute atomic E-state index is 12.5. The maximum Gasteiger partial charge on any atom is 0.278 e. The predicted molar refractivity (Wildman–Crippen MR) is 96.6 cm³/mol. The SMILES string of the molecule is O=C(c1ccncc1)N1CCC(n2nc(Cl)c3nc(Cl)[nH]c(=O)c32)CC1. The number of aromatic nitrogens is 5. The first-order valence-corrected chi connectivity index (χ1v) is 8.83. The molecule has 10 heteroatoms. The van der Waals surface area contributed by atoms with Gasteiger partial charge in [0.2, 0.25) is 5.28 Å². The van der Waals surface area contributed by atoms with Crippen molar-refractivity contribution in [3.8, 4) is 0 Å². The molecule has 3 aromatic heterocycles. The summed E-state index contributed by atoms with van der Waals surface area (Å²) in [5, 5.41) is 4.39. The van der Waals surface area contributed by atoms with Gasteiger partial charge in [-0.1, -0.05) is 11.6 Å². The summed E-state index contributed by atoms with van der Waals surface area (Å²) in [7, 11) is 0. The van der Waals surface area contributed by atoms with E-state index in [0.29, 0.717) is 37.0 Å². The van der Waals surface area contributed by atoms with Gasteiger partial charge >= 0.3 is 0 Å². The summed E-state index contributed by atoms with van der Waals surface area (Å²) in [5.41, 5.74) is 0.824. The summed E-state index contributed by atoms with van der Waals surface area (Å²) in [6, 6.07) is 3.35. The molecular weight excluding hydrogens is 379 g/mol. The lowest BCUT2D eigenvalue weighted by Crippen LogP contribution is -2.39. The van der Waals surface area contributed by atoms with E-state index in [2.05, 4.69) is 20.1 Å². The van der Waals surface area contributed by atoms with Crippen LogP contribution in [0.2, 0.25) is 10.4 Å². The first-order chi connectivity index (χ1) is 12.5. The number of nitrogens with zero attached hydrogens (tertiary/aromatic N) is 5. The summed E-state index contributed by atoms with van der Waals surface area (Å²) in [4.78, 5) is 37.0. The molecule has 0 saturated carbocycles. The van der Waals surface area contributed by atoms with Crippen LogP contribution in [0.5, 0.6) is 0 Å². The number of carbonyl (C=O) groups is 1. The third-order valence-corrected chi connectivity index (χ3v) is 4.94. The quantitative estimate of drug-likeness (QED) is 0.674. The van der Waals surface area contributed by atoms with Crippen LogP contribution in [0.15, 0.2) is 29.3 Å². The highest BCUT2D eigenvalue weighted by Gasteiger charge is 2.28. The van der Waals surface area contributed by atoms with Crippen molar-refractivity contribution in [1.29, 1.82) is 0 Å². The van der Waals surface area contributed by atoms with Crippen molar-refractivity contribution in [3.05, 3.63) is 50.9 Å². The summed E-state index contributed by atoms with van der Waals surface area (Å²) < 4.78 is 1.61. The average molecular weight is 393 g/mol. The molecule has 0 aliphatic carbocycles. The molecule has 1 fully saturated rings. The van der Waals surface area contributed by atoms with Crippen LogP contribution in [0.3, 0.4) is 0 Å². The van der Waals surface area contributed by atoms with Gasteiger partial charge in [-0.25, -0.2) is 4.98 Å². The Morgan fingerprint density at radius 1 is 1.19 bits per heavy atom. The van der Waals surface area contributed by atoms with Crippen molar-refractivity contribution < 1.29 is 4.79 Å². The zero-order chi connectivity index (χ0) is 18.3. The number of nitrogens with one attached hydrogen (secondary N) is 1. The van der Waals surface area contributed by atoms with E-state index in [0.717, 1.165) is 0 Å². The summed E-state index contributed by atoms with van der Waals surface area (Å²) in [6.45, 7) is 1.12. The van der Waals surface area contributed by atoms with Gasteiger partial charge in [0.15, 0.2) is 10.7 Å². The van der Waals surface area contributed by atoms with Crippen molar-refractivity contribution in [2.24, 2.45) is 0 Å². The molecule has 0 unspecified atom stereocenters. The molecule has 0 atom stereocenters. The number of amides is 1. The molecular formula is C16H14Cl2N6O2. The van der Waals surface area contributed by atoms with Crippen molar-refractivity contribution in [1.82, 2.24) is 29.6 Å². The second kappa shape index (κ2) is 6.69. The number of halogens is 2. The number of rotatable bonds is 2. The lowest BCUT2D eigenvalue weighted by molar-refractivity contribution is 0.0691. The average Bonchev–Trinajstić information content (AvgIpc) is 2.99. The fourth-order valence-corrected chi connectivity index (χ4v) is 3.63. The number of pyridine rings is 1. The Hall–Kier alpha value is -2.45. The molecule has 0 bridgehead atoms. The van der Waals surface area contributed by atoms with Crippen LogP contribution in [-0.4, -0.2) is 48.6 Å². The first kappa shape index (κ1) is 17.0. The highest BCUT2D eigenvalue weighted by Crippen LogP contribution is 2.28. The Kier molecular flexibility index (Phi) is 4.37. The van der Waals surface area contributed by atoms with Gasteiger partial charge < -0.3 is 4.90 Å². The number of H-pyrrole nitrogens is 1. The van der Waals surface area contributed by atoms with E-state index in [4.69, 9.17) is 23.2 Å². The van der Waals surface area contributed by atoms with Crippen molar-refractivity contribution in [2.45, 2.75) is 18.9 Å². The molecule has 4 heterocycles. The summed E-state index contributed by atoms with van der Waals surface area (Å²) in [6.07, 6.45) is 4.52. The van der Waals surface area contributed by atoms with Crippen LogP contribution in [0.25, 0.3) is 11.0 Å². The molecule has 1 saturated heterocycles. The topological polar surface area (TPSA) is 96.8 Å². The first-order valence-electron chi connectivity index (χ1n) is 8.07. The van der Waals surface area contributed by atoms with E-state index in [1.54, 1.807) is 34.1 Å². The lowest BCUT2D eigenvalue weighted by Gasteiger charge is -2.32. The highest BCUT2D eigenvalue weighted by atomic mass is 35.5. The van der Waals surface area contributed by atoms with Crippen LogP contribution < -0.4 is 5.56 Å². The van der Waals surface area contributed by atoms with Gasteiger partial charge in [-0.15, -0.1) is 0 Å². The van der Waals surface area contributed by atoms with Gasteiger partial charge in [0, 0.05) is 31.0 Å². The summed E-state index contributed by atoms with van der Waals surface area (Å²) in [5.74, 6) is -0.0273. The Morgan fingerprint density at radius 2 is 1.88 bits per heavy atom. The number of fused-ring (bicyclic) bond motifs is 1. The molecule has 0 aromatic carbocycles. The highest BCUT2D eigenvalue weighted by molar-refractivity contribution is 6.34. The van der Waals surface area contributed by atoms with Gasteiger partial charge in [0.1, 0.15) is 5.52 Å². The van der Waals surface area contributed by atoms with E-state index in [-0.39, 0.29) is 33.5 Å². The van der Waals surface area contributed by atoms with Crippen LogP contribution >= 0.6 is 23.2 Å². The second-order valence-corrected chi connectivity index (χ2v) is 6.76. The zero-order valence-corrected chi connectivity index (χ0v) is 15.0. The molecule has 0 spiro atoms. The Balaban J connectivity index is 1.57. The predicted octanol–water partition coefficient (Wildman–Crippen LogP) is 2.30. The molecule has 1 N–H and O–H groups in total. The van der Waals surface area contributed by atoms with E-state index in [1.165, 1.54) is 0 Å². The fourth-order valence-electron chi connectivity index (χ4n) is 3.24. The normalized spacial score (nSPS) is 15.5. The van der Waals surface area contributed by atoms with Crippen molar-refractivity contribution >= 4 is 40.1 Å². The number of piperidine rings is 1. The van der Waals surface area contributed by atoms with Crippen LogP contribution in [0, 0.1) is 0 Å². The number of hydrogen-bond donors (Lipinski definition) is 1. The van der Waals surface area contributed by atoms with E-state index >= 15 is 0 Å². The minimum atomic E-state index is -0.380. The van der Waals surface area contributed by atoms with Crippen LogP contribution in [0.1, 0.15) is 29.2 Å². The zero-order valence-electron chi connectivity index (χ0n) is 13.5. The van der Waals surface area contributed by atoms with Crippen LogP contribution in [-0.2, 0) is 0 Å². The van der Waals surface area contributed by atoms with Gasteiger partial charge in [-0.05, 0) is 36.6 Å². The fraction of sp³-hybridized carbons (Fsp3) is 0.312. The van der Waals surface area contributed by atoms with Crippen molar-refractivity contribution in [3.63, 3.8) is 0 Å². The maximum atomic E-state index is 12.5. The van der Waals surface area contributed by atoms with Crippen LogP contribution in [0.4, 0.5) is 0 Å². The molecule has 4 rings (SSSR count). The number of aromatic amines is 1. The largest absolute Gasteiger partial charge is 0.338 e. The van der Waals surface area contributed by atoms with E-state index < -0.39 is 0 Å². The van der Waals surface area contributed by atoms with Crippen molar-refractivity contribution in [2.75, 3.05) is 13.1 Å². The second-order valence-electron chi connectivity index (χ2n) is 6.05. The number of hydrogen-bond acceptors (Lipinski definition) is 5. The smallest absolute Gasteiger partial charge is 0.278 e. The molecule has 0 radical (unpaired) electrons. The molecule has 26 heavy (non-hydrogen) atoms. The molecule has 134 valence electrons.